The normalized spacial score (nSPS) is 14.7. The molecule has 1 saturated heterocycles. The number of amides is 1. The SMILES string of the molecule is COc1ccccc1N1CCN(C(=O)CCc2c(C)nc3c(c(C)nn3C(C)(C)C)c2C)CC1. The van der Waals surface area contributed by atoms with Gasteiger partial charge in [-0.15, -0.1) is 0 Å². The highest BCUT2D eigenvalue weighted by Crippen LogP contribution is 2.30. The Labute approximate surface area is 202 Å². The number of pyridine rings is 1. The van der Waals surface area contributed by atoms with E-state index in [2.05, 4.69) is 38.7 Å². The van der Waals surface area contributed by atoms with Gasteiger partial charge in [-0.25, -0.2) is 9.67 Å². The van der Waals surface area contributed by atoms with Crippen LogP contribution >= 0.6 is 0 Å². The molecule has 182 valence electrons. The number of aromatic nitrogens is 3. The van der Waals surface area contributed by atoms with Crippen LogP contribution in [0.25, 0.3) is 11.0 Å². The minimum atomic E-state index is -0.137. The number of nitrogens with zero attached hydrogens (tertiary/aromatic N) is 5. The summed E-state index contributed by atoms with van der Waals surface area (Å²) in [6, 6.07) is 8.07. The molecule has 0 N–H and O–H groups in total. The average molecular weight is 464 g/mol. The summed E-state index contributed by atoms with van der Waals surface area (Å²) in [7, 11) is 1.70. The number of piperazine rings is 1. The summed E-state index contributed by atoms with van der Waals surface area (Å²) in [6.45, 7) is 15.7. The zero-order valence-corrected chi connectivity index (χ0v) is 21.6. The number of carbonyl (C=O) groups excluding carboxylic acids is 1. The van der Waals surface area contributed by atoms with Crippen molar-refractivity contribution < 1.29 is 9.53 Å². The van der Waals surface area contributed by atoms with Gasteiger partial charge < -0.3 is 14.5 Å². The Morgan fingerprint density at radius 3 is 2.35 bits per heavy atom. The fourth-order valence-electron chi connectivity index (χ4n) is 5.02. The predicted molar refractivity (Wildman–Crippen MR) is 137 cm³/mol. The molecule has 34 heavy (non-hydrogen) atoms. The van der Waals surface area contributed by atoms with Gasteiger partial charge in [0, 0.05) is 43.7 Å². The van der Waals surface area contributed by atoms with Gasteiger partial charge in [-0.3, -0.25) is 4.79 Å². The number of hydrogen-bond donors (Lipinski definition) is 0. The van der Waals surface area contributed by atoms with E-state index < -0.39 is 0 Å². The van der Waals surface area contributed by atoms with Gasteiger partial charge in [-0.05, 0) is 71.2 Å². The quantitative estimate of drug-likeness (QED) is 0.561. The van der Waals surface area contributed by atoms with E-state index in [0.717, 1.165) is 60.0 Å². The molecule has 0 unspecified atom stereocenters. The Bertz CT molecular complexity index is 1200. The van der Waals surface area contributed by atoms with E-state index in [4.69, 9.17) is 14.8 Å². The maximum absolute atomic E-state index is 13.1. The van der Waals surface area contributed by atoms with Crippen molar-refractivity contribution in [3.8, 4) is 5.75 Å². The van der Waals surface area contributed by atoms with E-state index in [1.807, 2.05) is 41.6 Å². The number of ether oxygens (including phenoxy) is 1. The number of anilines is 1. The van der Waals surface area contributed by atoms with Crippen LogP contribution in [0.4, 0.5) is 5.69 Å². The smallest absolute Gasteiger partial charge is 0.223 e. The molecule has 1 fully saturated rings. The fraction of sp³-hybridized carbons (Fsp3) is 0.519. The molecule has 7 heteroatoms. The van der Waals surface area contributed by atoms with Gasteiger partial charge in [0.1, 0.15) is 5.75 Å². The van der Waals surface area contributed by atoms with Gasteiger partial charge in [0.05, 0.1) is 24.0 Å². The van der Waals surface area contributed by atoms with Crippen molar-refractivity contribution in [3.05, 3.63) is 46.8 Å². The van der Waals surface area contributed by atoms with Crippen molar-refractivity contribution in [1.82, 2.24) is 19.7 Å². The first-order valence-corrected chi connectivity index (χ1v) is 12.1. The molecule has 2 aromatic heterocycles. The van der Waals surface area contributed by atoms with Crippen LogP contribution in [-0.4, -0.2) is 58.9 Å². The second kappa shape index (κ2) is 9.28. The molecule has 1 amide bonds. The Hall–Kier alpha value is -3.09. The van der Waals surface area contributed by atoms with E-state index in [-0.39, 0.29) is 11.4 Å². The van der Waals surface area contributed by atoms with Crippen LogP contribution in [-0.2, 0) is 16.8 Å². The van der Waals surface area contributed by atoms with Crippen LogP contribution in [0.5, 0.6) is 5.75 Å². The number of hydrogen-bond acceptors (Lipinski definition) is 5. The second-order valence-corrected chi connectivity index (χ2v) is 10.2. The lowest BCUT2D eigenvalue weighted by atomic mass is 9.98. The first kappa shape index (κ1) is 24.0. The van der Waals surface area contributed by atoms with Gasteiger partial charge in [-0.1, -0.05) is 12.1 Å². The first-order valence-electron chi connectivity index (χ1n) is 12.1. The minimum Gasteiger partial charge on any atom is -0.495 e. The molecule has 0 saturated carbocycles. The summed E-state index contributed by atoms with van der Waals surface area (Å²) in [6.07, 6.45) is 1.20. The van der Waals surface area contributed by atoms with Crippen molar-refractivity contribution in [1.29, 1.82) is 0 Å². The Kier molecular flexibility index (Phi) is 6.56. The molecule has 7 nitrogen and oxygen atoms in total. The molecule has 1 aromatic carbocycles. The zero-order valence-electron chi connectivity index (χ0n) is 21.6. The molecule has 1 aliphatic rings. The van der Waals surface area contributed by atoms with Crippen LogP contribution in [0.15, 0.2) is 24.3 Å². The highest BCUT2D eigenvalue weighted by atomic mass is 16.5. The van der Waals surface area contributed by atoms with E-state index in [1.54, 1.807) is 7.11 Å². The van der Waals surface area contributed by atoms with E-state index in [0.29, 0.717) is 12.8 Å². The Morgan fingerprint density at radius 1 is 1.03 bits per heavy atom. The molecule has 3 heterocycles. The van der Waals surface area contributed by atoms with Crippen LogP contribution in [0.2, 0.25) is 0 Å². The highest BCUT2D eigenvalue weighted by Gasteiger charge is 2.25. The van der Waals surface area contributed by atoms with Crippen molar-refractivity contribution in [3.63, 3.8) is 0 Å². The Morgan fingerprint density at radius 2 is 1.71 bits per heavy atom. The number of fused-ring (bicyclic) bond motifs is 1. The number of methoxy groups -OCH3 is 1. The van der Waals surface area contributed by atoms with E-state index >= 15 is 0 Å². The van der Waals surface area contributed by atoms with Crippen molar-refractivity contribution in [2.45, 2.75) is 59.9 Å². The molecule has 0 spiro atoms. The molecular formula is C27H37N5O2. The van der Waals surface area contributed by atoms with Crippen molar-refractivity contribution in [2.24, 2.45) is 0 Å². The van der Waals surface area contributed by atoms with Gasteiger partial charge in [0.2, 0.25) is 5.91 Å². The Balaban J connectivity index is 1.44. The topological polar surface area (TPSA) is 63.5 Å². The molecule has 0 radical (unpaired) electrons. The number of benzene rings is 1. The van der Waals surface area contributed by atoms with Crippen LogP contribution in [0.3, 0.4) is 0 Å². The lowest BCUT2D eigenvalue weighted by Gasteiger charge is -2.36. The van der Waals surface area contributed by atoms with Crippen LogP contribution < -0.4 is 9.64 Å². The molecule has 1 aliphatic heterocycles. The summed E-state index contributed by atoms with van der Waals surface area (Å²) in [5.74, 6) is 1.09. The second-order valence-electron chi connectivity index (χ2n) is 10.2. The lowest BCUT2D eigenvalue weighted by molar-refractivity contribution is -0.131. The number of rotatable bonds is 5. The summed E-state index contributed by atoms with van der Waals surface area (Å²) in [4.78, 5) is 22.3. The maximum atomic E-state index is 13.1. The van der Waals surface area contributed by atoms with Crippen LogP contribution in [0, 0.1) is 20.8 Å². The summed E-state index contributed by atoms with van der Waals surface area (Å²) in [5, 5.41) is 5.90. The average Bonchev–Trinajstić information content (AvgIpc) is 3.15. The fourth-order valence-corrected chi connectivity index (χ4v) is 5.02. The van der Waals surface area contributed by atoms with Crippen molar-refractivity contribution >= 4 is 22.6 Å². The zero-order chi connectivity index (χ0) is 24.6. The highest BCUT2D eigenvalue weighted by molar-refractivity contribution is 5.84. The largest absolute Gasteiger partial charge is 0.495 e. The summed E-state index contributed by atoms with van der Waals surface area (Å²) in [5.41, 5.74) is 6.24. The van der Waals surface area contributed by atoms with Crippen LogP contribution in [0.1, 0.15) is 49.7 Å². The lowest BCUT2D eigenvalue weighted by Crippen LogP contribution is -2.49. The van der Waals surface area contributed by atoms with Gasteiger partial charge in [0.25, 0.3) is 0 Å². The minimum absolute atomic E-state index is 0.137. The third-order valence-electron chi connectivity index (χ3n) is 6.86. The van der Waals surface area contributed by atoms with Crippen molar-refractivity contribution in [2.75, 3.05) is 38.2 Å². The third kappa shape index (κ3) is 4.48. The maximum Gasteiger partial charge on any atom is 0.223 e. The molecular weight excluding hydrogens is 426 g/mol. The molecule has 3 aromatic rings. The molecule has 0 bridgehead atoms. The molecule has 4 rings (SSSR count). The number of para-hydroxylation sites is 2. The summed E-state index contributed by atoms with van der Waals surface area (Å²) >= 11 is 0. The monoisotopic (exact) mass is 463 g/mol. The van der Waals surface area contributed by atoms with E-state index in [9.17, 15) is 4.79 Å². The number of carbonyl (C=O) groups is 1. The van der Waals surface area contributed by atoms with E-state index in [1.165, 1.54) is 11.1 Å². The molecule has 0 aliphatic carbocycles. The first-order chi connectivity index (χ1) is 16.1. The molecule has 0 atom stereocenters. The van der Waals surface area contributed by atoms with Gasteiger partial charge >= 0.3 is 0 Å². The predicted octanol–water partition coefficient (Wildman–Crippen LogP) is 4.40. The van der Waals surface area contributed by atoms with Gasteiger partial charge in [0.15, 0.2) is 5.65 Å². The van der Waals surface area contributed by atoms with Gasteiger partial charge in [-0.2, -0.15) is 5.10 Å². The summed E-state index contributed by atoms with van der Waals surface area (Å²) < 4.78 is 7.53. The third-order valence-corrected chi connectivity index (χ3v) is 6.86. The standard InChI is InChI=1S/C27H37N5O2/c1-18-21(19(2)28-26-25(18)20(3)29-32(26)27(4,5)6)12-13-24(33)31-16-14-30(15-17-31)22-10-8-9-11-23(22)34-7/h8-11H,12-17H2,1-7H3. The number of aryl methyl sites for hydroxylation is 3.